The Morgan fingerprint density at radius 3 is 2.74 bits per heavy atom. The summed E-state index contributed by atoms with van der Waals surface area (Å²) in [7, 11) is 1.82. The maximum Gasteiger partial charge on any atom is 0.339 e. The Balaban J connectivity index is 2.42. The number of aliphatic hydroxyl groups is 1. The fourth-order valence-corrected chi connectivity index (χ4v) is 1.96. The van der Waals surface area contributed by atoms with Crippen molar-refractivity contribution in [1.29, 1.82) is 0 Å². The van der Waals surface area contributed by atoms with Crippen LogP contribution < -0.4 is 0 Å². The third-order valence-electron chi connectivity index (χ3n) is 3.29. The number of carboxylic acid groups (broad SMARTS) is 1. The van der Waals surface area contributed by atoms with Crippen LogP contribution in [-0.2, 0) is 6.54 Å². The van der Waals surface area contributed by atoms with Crippen LogP contribution in [-0.4, -0.2) is 40.8 Å². The van der Waals surface area contributed by atoms with E-state index in [0.717, 1.165) is 0 Å². The molecule has 102 valence electrons. The molecule has 0 aliphatic carbocycles. The Labute approximate surface area is 111 Å². The smallest absolute Gasteiger partial charge is 0.339 e. The number of hydrogen-bond donors (Lipinski definition) is 2. The molecule has 1 aromatic heterocycles. The van der Waals surface area contributed by atoms with Crippen molar-refractivity contribution in [2.45, 2.75) is 19.5 Å². The van der Waals surface area contributed by atoms with Gasteiger partial charge >= 0.3 is 5.97 Å². The van der Waals surface area contributed by atoms with Crippen molar-refractivity contribution in [3.05, 3.63) is 35.6 Å². The van der Waals surface area contributed by atoms with Crippen LogP contribution in [0.15, 0.2) is 28.7 Å². The van der Waals surface area contributed by atoms with Crippen LogP contribution in [0.5, 0.6) is 0 Å². The predicted molar refractivity (Wildman–Crippen MR) is 71.2 cm³/mol. The van der Waals surface area contributed by atoms with E-state index < -0.39 is 5.97 Å². The van der Waals surface area contributed by atoms with Gasteiger partial charge in [-0.2, -0.15) is 0 Å². The molecule has 1 heterocycles. The highest BCUT2D eigenvalue weighted by Gasteiger charge is 2.22. The molecule has 1 unspecified atom stereocenters. The Morgan fingerprint density at radius 1 is 1.42 bits per heavy atom. The highest BCUT2D eigenvalue weighted by molar-refractivity contribution is 6.03. The quantitative estimate of drug-likeness (QED) is 0.862. The maximum atomic E-state index is 11.4. The normalized spacial score (nSPS) is 13.1. The number of aliphatic hydroxyl groups excluding tert-OH is 1. The molecule has 0 aliphatic rings. The topological polar surface area (TPSA) is 73.9 Å². The van der Waals surface area contributed by atoms with Gasteiger partial charge in [0, 0.05) is 11.4 Å². The van der Waals surface area contributed by atoms with Gasteiger partial charge in [0.2, 0.25) is 0 Å². The van der Waals surface area contributed by atoms with Crippen molar-refractivity contribution in [3.63, 3.8) is 0 Å². The number of fused-ring (bicyclic) bond motifs is 1. The highest BCUT2D eigenvalue weighted by Crippen LogP contribution is 2.27. The van der Waals surface area contributed by atoms with E-state index in [1.165, 1.54) is 0 Å². The predicted octanol–water partition coefficient (Wildman–Crippen LogP) is 1.94. The number of likely N-dealkylation sites (N-methyl/N-ethyl adjacent to an activating group) is 1. The first kappa shape index (κ1) is 13.6. The second-order valence-corrected chi connectivity index (χ2v) is 4.65. The summed E-state index contributed by atoms with van der Waals surface area (Å²) in [5, 5.41) is 19.1. The van der Waals surface area contributed by atoms with Gasteiger partial charge < -0.3 is 14.6 Å². The molecule has 0 bridgehead atoms. The van der Waals surface area contributed by atoms with Gasteiger partial charge in [0.05, 0.1) is 13.2 Å². The number of carboxylic acids is 1. The lowest BCUT2D eigenvalue weighted by Crippen LogP contribution is -2.31. The minimum atomic E-state index is -0.995. The van der Waals surface area contributed by atoms with Crippen molar-refractivity contribution < 1.29 is 19.4 Å². The summed E-state index contributed by atoms with van der Waals surface area (Å²) in [5.74, 6) is -0.582. The van der Waals surface area contributed by atoms with E-state index in [4.69, 9.17) is 9.52 Å². The summed E-state index contributed by atoms with van der Waals surface area (Å²) >= 11 is 0. The van der Waals surface area contributed by atoms with Crippen LogP contribution in [0.2, 0.25) is 0 Å². The fraction of sp³-hybridized carbons (Fsp3) is 0.357. The van der Waals surface area contributed by atoms with E-state index >= 15 is 0 Å². The van der Waals surface area contributed by atoms with E-state index in [1.54, 1.807) is 24.3 Å². The van der Waals surface area contributed by atoms with Crippen LogP contribution in [0, 0.1) is 0 Å². The van der Waals surface area contributed by atoms with Gasteiger partial charge in [-0.3, -0.25) is 4.90 Å². The Hall–Kier alpha value is -1.85. The molecular formula is C14H17NO4. The summed E-state index contributed by atoms with van der Waals surface area (Å²) in [6, 6.07) is 7.02. The second kappa shape index (κ2) is 5.42. The minimum absolute atomic E-state index is 0.0130. The van der Waals surface area contributed by atoms with Crippen molar-refractivity contribution in [2.24, 2.45) is 0 Å². The lowest BCUT2D eigenvalue weighted by Gasteiger charge is -2.21. The molecule has 2 aromatic rings. The second-order valence-electron chi connectivity index (χ2n) is 4.65. The summed E-state index contributed by atoms with van der Waals surface area (Å²) in [6.45, 7) is 2.22. The number of nitrogens with zero attached hydrogens (tertiary/aromatic N) is 1. The molecule has 0 aliphatic heterocycles. The van der Waals surface area contributed by atoms with Gasteiger partial charge in [-0.1, -0.05) is 18.2 Å². The van der Waals surface area contributed by atoms with E-state index in [0.29, 0.717) is 23.3 Å². The fourth-order valence-electron chi connectivity index (χ4n) is 1.96. The molecule has 0 spiro atoms. The molecule has 1 aromatic carbocycles. The molecule has 0 fully saturated rings. The van der Waals surface area contributed by atoms with Gasteiger partial charge in [0.1, 0.15) is 16.9 Å². The zero-order chi connectivity index (χ0) is 14.0. The largest absolute Gasteiger partial charge is 0.478 e. The third-order valence-corrected chi connectivity index (χ3v) is 3.29. The van der Waals surface area contributed by atoms with Crippen LogP contribution in [0.3, 0.4) is 0 Å². The van der Waals surface area contributed by atoms with Gasteiger partial charge in [0.15, 0.2) is 0 Å². The zero-order valence-corrected chi connectivity index (χ0v) is 11.0. The van der Waals surface area contributed by atoms with E-state index in [-0.39, 0.29) is 18.2 Å². The Kier molecular flexibility index (Phi) is 3.87. The molecule has 0 amide bonds. The van der Waals surface area contributed by atoms with Gasteiger partial charge in [-0.25, -0.2) is 4.79 Å². The number of furan rings is 1. The average molecular weight is 263 g/mol. The van der Waals surface area contributed by atoms with Crippen molar-refractivity contribution in [3.8, 4) is 0 Å². The number of rotatable bonds is 5. The first-order valence-corrected chi connectivity index (χ1v) is 6.09. The zero-order valence-electron chi connectivity index (χ0n) is 11.0. The third kappa shape index (κ3) is 2.62. The van der Waals surface area contributed by atoms with E-state index in [9.17, 15) is 9.90 Å². The molecular weight excluding hydrogens is 246 g/mol. The Morgan fingerprint density at radius 2 is 2.11 bits per heavy atom. The van der Waals surface area contributed by atoms with Crippen LogP contribution in [0.1, 0.15) is 23.0 Å². The first-order chi connectivity index (χ1) is 9.04. The maximum absolute atomic E-state index is 11.4. The number of para-hydroxylation sites is 1. The number of hydrogen-bond acceptors (Lipinski definition) is 4. The molecule has 1 atom stereocenters. The SMILES string of the molecule is CC(CO)N(C)Cc1oc2ccccc2c1C(=O)O. The molecule has 0 radical (unpaired) electrons. The van der Waals surface area contributed by atoms with E-state index in [1.807, 2.05) is 18.9 Å². The molecule has 0 saturated heterocycles. The number of aromatic carboxylic acids is 1. The molecule has 5 heteroatoms. The monoisotopic (exact) mass is 263 g/mol. The lowest BCUT2D eigenvalue weighted by atomic mass is 10.1. The van der Waals surface area contributed by atoms with Crippen molar-refractivity contribution >= 4 is 16.9 Å². The number of carbonyl (C=O) groups is 1. The van der Waals surface area contributed by atoms with Gasteiger partial charge in [-0.15, -0.1) is 0 Å². The van der Waals surface area contributed by atoms with Crippen molar-refractivity contribution in [2.75, 3.05) is 13.7 Å². The van der Waals surface area contributed by atoms with Crippen molar-refractivity contribution in [1.82, 2.24) is 4.90 Å². The van der Waals surface area contributed by atoms with Crippen LogP contribution >= 0.6 is 0 Å². The highest BCUT2D eigenvalue weighted by atomic mass is 16.4. The number of benzene rings is 1. The van der Waals surface area contributed by atoms with Crippen LogP contribution in [0.4, 0.5) is 0 Å². The summed E-state index contributed by atoms with van der Waals surface area (Å²) in [4.78, 5) is 13.2. The molecule has 2 rings (SSSR count). The first-order valence-electron chi connectivity index (χ1n) is 6.09. The summed E-state index contributed by atoms with van der Waals surface area (Å²) in [6.07, 6.45) is 0. The summed E-state index contributed by atoms with van der Waals surface area (Å²) in [5.41, 5.74) is 0.771. The minimum Gasteiger partial charge on any atom is -0.478 e. The Bertz CT molecular complexity index is 590. The summed E-state index contributed by atoms with van der Waals surface area (Å²) < 4.78 is 5.62. The molecule has 5 nitrogen and oxygen atoms in total. The molecule has 19 heavy (non-hydrogen) atoms. The van der Waals surface area contributed by atoms with Crippen LogP contribution in [0.25, 0.3) is 11.0 Å². The van der Waals surface area contributed by atoms with Gasteiger partial charge in [0.25, 0.3) is 0 Å². The molecule has 0 saturated carbocycles. The average Bonchev–Trinajstić information content (AvgIpc) is 2.75. The molecule has 2 N–H and O–H groups in total. The van der Waals surface area contributed by atoms with Gasteiger partial charge in [-0.05, 0) is 20.0 Å². The standard InChI is InChI=1S/C14H17NO4/c1-9(8-16)15(2)7-12-13(14(17)18)10-5-3-4-6-11(10)19-12/h3-6,9,16H,7-8H2,1-2H3,(H,17,18). The van der Waals surface area contributed by atoms with E-state index in [2.05, 4.69) is 0 Å². The lowest BCUT2D eigenvalue weighted by molar-refractivity contribution is 0.0693.